The van der Waals surface area contributed by atoms with E-state index >= 15 is 0 Å². The molecule has 0 bridgehead atoms. The molecule has 0 N–H and O–H groups in total. The van der Waals surface area contributed by atoms with Crippen molar-refractivity contribution in [2.45, 2.75) is 46.0 Å². The quantitative estimate of drug-likeness (QED) is 0.552. The van der Waals surface area contributed by atoms with Crippen LogP contribution in [0.1, 0.15) is 46.0 Å². The van der Waals surface area contributed by atoms with Crippen LogP contribution in [0.4, 0.5) is 4.39 Å². The molecule has 0 atom stereocenters. The molecule has 0 heterocycles. The van der Waals surface area contributed by atoms with Crippen LogP contribution in [0.5, 0.6) is 0 Å². The topological polar surface area (TPSA) is 0 Å². The van der Waals surface area contributed by atoms with Crippen LogP contribution in [0.15, 0.2) is 23.0 Å². The fourth-order valence-electron chi connectivity index (χ4n) is 1.57. The third-order valence-corrected chi connectivity index (χ3v) is 2.21. The van der Waals surface area contributed by atoms with Crippen molar-refractivity contribution < 1.29 is 4.39 Å². The van der Waals surface area contributed by atoms with E-state index < -0.39 is 0 Å². The summed E-state index contributed by atoms with van der Waals surface area (Å²) >= 11 is 0. The molecule has 1 fully saturated rings. The van der Waals surface area contributed by atoms with Gasteiger partial charge in [0.25, 0.3) is 0 Å². The molecule has 0 radical (unpaired) electrons. The molecule has 68 valence electrons. The molecular formula is C11H17F. The first-order valence-corrected chi connectivity index (χ1v) is 4.72. The molecule has 0 nitrogen and oxygen atoms in total. The van der Waals surface area contributed by atoms with Crippen LogP contribution < -0.4 is 0 Å². The average Bonchev–Trinajstić information content (AvgIpc) is 2.05. The van der Waals surface area contributed by atoms with Crippen molar-refractivity contribution in [2.24, 2.45) is 0 Å². The highest BCUT2D eigenvalue weighted by atomic mass is 19.1. The Bertz CT molecular complexity index is 199. The number of hydrogen-bond donors (Lipinski definition) is 0. The highest BCUT2D eigenvalue weighted by Gasteiger charge is 2.09. The largest absolute Gasteiger partial charge is 0.207 e. The number of rotatable bonds is 1. The van der Waals surface area contributed by atoms with Crippen molar-refractivity contribution in [3.63, 3.8) is 0 Å². The monoisotopic (exact) mass is 168 g/mol. The van der Waals surface area contributed by atoms with E-state index in [0.717, 1.165) is 24.0 Å². The Balaban J connectivity index is 2.67. The lowest BCUT2D eigenvalue weighted by Crippen LogP contribution is -1.95. The maximum atomic E-state index is 13.3. The lowest BCUT2D eigenvalue weighted by molar-refractivity contribution is 0.556. The standard InChI is InChI=1S/C11H17F/c1-9(2)8-11(12)10-6-4-3-5-7-10/h8H,3-7H2,1-2H3. The highest BCUT2D eigenvalue weighted by molar-refractivity contribution is 5.22. The van der Waals surface area contributed by atoms with Gasteiger partial charge < -0.3 is 0 Å². The van der Waals surface area contributed by atoms with Crippen LogP contribution in [0.25, 0.3) is 0 Å². The Labute approximate surface area is 74.2 Å². The molecule has 1 rings (SSSR count). The van der Waals surface area contributed by atoms with Gasteiger partial charge in [-0.25, -0.2) is 4.39 Å². The maximum Gasteiger partial charge on any atom is 0.122 e. The molecular weight excluding hydrogens is 151 g/mol. The molecule has 1 heteroatoms. The van der Waals surface area contributed by atoms with E-state index in [-0.39, 0.29) is 5.83 Å². The molecule has 0 aliphatic heterocycles. The van der Waals surface area contributed by atoms with Crippen LogP contribution in [0.3, 0.4) is 0 Å². The zero-order valence-corrected chi connectivity index (χ0v) is 7.99. The molecule has 1 aliphatic carbocycles. The summed E-state index contributed by atoms with van der Waals surface area (Å²) in [5.41, 5.74) is 2.08. The summed E-state index contributed by atoms with van der Waals surface area (Å²) < 4.78 is 13.3. The highest BCUT2D eigenvalue weighted by Crippen LogP contribution is 2.27. The molecule has 0 amide bonds. The minimum Gasteiger partial charge on any atom is -0.207 e. The summed E-state index contributed by atoms with van der Waals surface area (Å²) in [5, 5.41) is 0. The van der Waals surface area contributed by atoms with E-state index in [9.17, 15) is 4.39 Å². The first kappa shape index (κ1) is 9.50. The van der Waals surface area contributed by atoms with Gasteiger partial charge in [0.2, 0.25) is 0 Å². The second-order valence-corrected chi connectivity index (χ2v) is 3.73. The minimum atomic E-state index is 0.0229. The van der Waals surface area contributed by atoms with E-state index in [4.69, 9.17) is 0 Å². The number of allylic oxidation sites excluding steroid dienone is 4. The molecule has 12 heavy (non-hydrogen) atoms. The predicted octanol–water partition coefficient (Wildman–Crippen LogP) is 4.14. The van der Waals surface area contributed by atoms with Crippen molar-refractivity contribution in [1.82, 2.24) is 0 Å². The Kier molecular flexibility index (Phi) is 3.51. The molecule has 0 saturated heterocycles. The molecule has 1 aliphatic rings. The second kappa shape index (κ2) is 4.44. The summed E-state index contributed by atoms with van der Waals surface area (Å²) in [7, 11) is 0. The van der Waals surface area contributed by atoms with Crippen LogP contribution >= 0.6 is 0 Å². The van der Waals surface area contributed by atoms with E-state index in [1.165, 1.54) is 19.3 Å². The number of hydrogen-bond acceptors (Lipinski definition) is 0. The molecule has 1 saturated carbocycles. The van der Waals surface area contributed by atoms with Gasteiger partial charge in [0.05, 0.1) is 0 Å². The van der Waals surface area contributed by atoms with Crippen molar-refractivity contribution in [1.29, 1.82) is 0 Å². The number of halogens is 1. The first-order chi connectivity index (χ1) is 5.70. The van der Waals surface area contributed by atoms with E-state index in [1.54, 1.807) is 6.08 Å². The maximum absolute atomic E-state index is 13.3. The van der Waals surface area contributed by atoms with E-state index in [1.807, 2.05) is 13.8 Å². The van der Waals surface area contributed by atoms with Gasteiger partial charge in [0.1, 0.15) is 5.83 Å². The Morgan fingerprint density at radius 1 is 1.17 bits per heavy atom. The smallest absolute Gasteiger partial charge is 0.122 e. The van der Waals surface area contributed by atoms with E-state index in [2.05, 4.69) is 0 Å². The molecule has 0 unspecified atom stereocenters. The Morgan fingerprint density at radius 3 is 2.25 bits per heavy atom. The van der Waals surface area contributed by atoms with Crippen molar-refractivity contribution >= 4 is 0 Å². The van der Waals surface area contributed by atoms with Crippen molar-refractivity contribution in [3.05, 3.63) is 23.0 Å². The van der Waals surface area contributed by atoms with Crippen molar-refractivity contribution in [2.75, 3.05) is 0 Å². The Hall–Kier alpha value is -0.590. The lowest BCUT2D eigenvalue weighted by Gasteiger charge is -2.13. The SMILES string of the molecule is CC(C)=CC(F)=C1CCCCC1. The first-order valence-electron chi connectivity index (χ1n) is 4.72. The minimum absolute atomic E-state index is 0.0229. The van der Waals surface area contributed by atoms with Gasteiger partial charge in [-0.05, 0) is 51.2 Å². The lowest BCUT2D eigenvalue weighted by atomic mass is 9.94. The third kappa shape index (κ3) is 2.80. The molecule has 0 aromatic rings. The summed E-state index contributed by atoms with van der Waals surface area (Å²) in [5.74, 6) is 0.0229. The van der Waals surface area contributed by atoms with Gasteiger partial charge in [-0.15, -0.1) is 0 Å². The van der Waals surface area contributed by atoms with Crippen LogP contribution in [-0.4, -0.2) is 0 Å². The normalized spacial score (nSPS) is 17.4. The fraction of sp³-hybridized carbons (Fsp3) is 0.636. The van der Waals surface area contributed by atoms with Crippen LogP contribution in [0, 0.1) is 0 Å². The fourth-order valence-corrected chi connectivity index (χ4v) is 1.57. The summed E-state index contributed by atoms with van der Waals surface area (Å²) in [6, 6.07) is 0. The van der Waals surface area contributed by atoms with Gasteiger partial charge in [0, 0.05) is 0 Å². The zero-order chi connectivity index (χ0) is 8.97. The molecule has 0 spiro atoms. The molecule has 0 aromatic carbocycles. The van der Waals surface area contributed by atoms with Crippen LogP contribution in [-0.2, 0) is 0 Å². The van der Waals surface area contributed by atoms with Crippen molar-refractivity contribution in [3.8, 4) is 0 Å². The second-order valence-electron chi connectivity index (χ2n) is 3.73. The van der Waals surface area contributed by atoms with E-state index in [0.29, 0.717) is 0 Å². The summed E-state index contributed by atoms with van der Waals surface area (Å²) in [6.45, 7) is 3.87. The Morgan fingerprint density at radius 2 is 1.75 bits per heavy atom. The summed E-state index contributed by atoms with van der Waals surface area (Å²) in [4.78, 5) is 0. The van der Waals surface area contributed by atoms with Gasteiger partial charge in [-0.3, -0.25) is 0 Å². The van der Waals surface area contributed by atoms with Gasteiger partial charge in [0.15, 0.2) is 0 Å². The van der Waals surface area contributed by atoms with Gasteiger partial charge >= 0.3 is 0 Å². The van der Waals surface area contributed by atoms with Gasteiger partial charge in [-0.2, -0.15) is 0 Å². The zero-order valence-electron chi connectivity index (χ0n) is 7.99. The predicted molar refractivity (Wildman–Crippen MR) is 50.7 cm³/mol. The molecule has 0 aromatic heterocycles. The average molecular weight is 168 g/mol. The van der Waals surface area contributed by atoms with Crippen LogP contribution in [0.2, 0.25) is 0 Å². The third-order valence-electron chi connectivity index (χ3n) is 2.21. The van der Waals surface area contributed by atoms with Gasteiger partial charge in [-0.1, -0.05) is 12.0 Å². The summed E-state index contributed by atoms with van der Waals surface area (Å²) in [6.07, 6.45) is 7.19.